The van der Waals surface area contributed by atoms with E-state index >= 15 is 0 Å². The third kappa shape index (κ3) is 3.82. The molecule has 1 unspecified atom stereocenters. The Morgan fingerprint density at radius 3 is 2.08 bits per heavy atom. The molecule has 1 N–H and O–H groups in total. The Labute approximate surface area is 69.3 Å². The van der Waals surface area contributed by atoms with E-state index in [0.717, 1.165) is 6.92 Å². The van der Waals surface area contributed by atoms with Gasteiger partial charge in [-0.3, -0.25) is 9.59 Å². The molecule has 68 valence electrons. The standard InChI is InChI=1S/C7H10O5/c1-4(8)3-12-6(5(2)9)7(10)11/h6H,3H2,1-2H3,(H,10,11). The highest BCUT2D eigenvalue weighted by molar-refractivity contribution is 6.00. The maximum absolute atomic E-state index is 10.6. The smallest absolute Gasteiger partial charge is 0.340 e. The van der Waals surface area contributed by atoms with Crippen LogP contribution in [0.5, 0.6) is 0 Å². The van der Waals surface area contributed by atoms with Gasteiger partial charge in [0.2, 0.25) is 6.10 Å². The minimum atomic E-state index is -1.52. The van der Waals surface area contributed by atoms with Crippen molar-refractivity contribution in [2.45, 2.75) is 20.0 Å². The van der Waals surface area contributed by atoms with Crippen molar-refractivity contribution in [1.82, 2.24) is 0 Å². The van der Waals surface area contributed by atoms with Crippen molar-refractivity contribution in [3.8, 4) is 0 Å². The van der Waals surface area contributed by atoms with Gasteiger partial charge < -0.3 is 9.84 Å². The first-order valence-corrected chi connectivity index (χ1v) is 3.29. The number of carbonyl (C=O) groups is 3. The lowest BCUT2D eigenvalue weighted by Gasteiger charge is -2.07. The number of ether oxygens (including phenoxy) is 1. The van der Waals surface area contributed by atoms with E-state index in [1.165, 1.54) is 6.92 Å². The molecule has 0 spiro atoms. The van der Waals surface area contributed by atoms with Gasteiger partial charge in [-0.15, -0.1) is 0 Å². The van der Waals surface area contributed by atoms with E-state index in [1.807, 2.05) is 0 Å². The van der Waals surface area contributed by atoms with Crippen LogP contribution in [0.3, 0.4) is 0 Å². The molecule has 0 aromatic rings. The molecule has 0 saturated carbocycles. The fourth-order valence-corrected chi connectivity index (χ4v) is 0.563. The van der Waals surface area contributed by atoms with E-state index in [1.54, 1.807) is 0 Å². The normalized spacial score (nSPS) is 12.2. The molecule has 0 aromatic heterocycles. The quantitative estimate of drug-likeness (QED) is 0.575. The molecule has 0 radical (unpaired) electrons. The van der Waals surface area contributed by atoms with Gasteiger partial charge in [0.05, 0.1) is 0 Å². The minimum absolute atomic E-state index is 0.317. The molecular formula is C7H10O5. The lowest BCUT2D eigenvalue weighted by atomic mass is 10.2. The van der Waals surface area contributed by atoms with E-state index in [9.17, 15) is 14.4 Å². The van der Waals surface area contributed by atoms with Gasteiger partial charge in [0.15, 0.2) is 11.6 Å². The van der Waals surface area contributed by atoms with Crippen molar-refractivity contribution in [3.63, 3.8) is 0 Å². The van der Waals surface area contributed by atoms with Crippen LogP contribution in [0.1, 0.15) is 13.8 Å². The van der Waals surface area contributed by atoms with Crippen molar-refractivity contribution >= 4 is 17.5 Å². The van der Waals surface area contributed by atoms with Gasteiger partial charge in [-0.2, -0.15) is 0 Å². The average molecular weight is 174 g/mol. The number of carbonyl (C=O) groups excluding carboxylic acids is 2. The minimum Gasteiger partial charge on any atom is -0.479 e. The van der Waals surface area contributed by atoms with Crippen LogP contribution in [0.4, 0.5) is 0 Å². The van der Waals surface area contributed by atoms with Crippen LogP contribution in [-0.4, -0.2) is 35.4 Å². The summed E-state index contributed by atoms with van der Waals surface area (Å²) in [6.45, 7) is 1.99. The Morgan fingerprint density at radius 2 is 1.83 bits per heavy atom. The molecule has 12 heavy (non-hydrogen) atoms. The SMILES string of the molecule is CC(=O)COC(C(C)=O)C(=O)O. The maximum Gasteiger partial charge on any atom is 0.340 e. The molecule has 0 bridgehead atoms. The molecule has 0 saturated heterocycles. The van der Waals surface area contributed by atoms with Crippen molar-refractivity contribution in [2.24, 2.45) is 0 Å². The summed E-state index contributed by atoms with van der Waals surface area (Å²) in [5.41, 5.74) is 0. The summed E-state index contributed by atoms with van der Waals surface area (Å²) in [5.74, 6) is -2.31. The van der Waals surface area contributed by atoms with Gasteiger partial charge in [0.25, 0.3) is 0 Å². The summed E-state index contributed by atoms with van der Waals surface area (Å²) in [7, 11) is 0. The number of carboxylic acids is 1. The fraction of sp³-hybridized carbons (Fsp3) is 0.571. The number of rotatable bonds is 5. The van der Waals surface area contributed by atoms with Gasteiger partial charge in [-0.25, -0.2) is 4.79 Å². The number of hydrogen-bond acceptors (Lipinski definition) is 4. The van der Waals surface area contributed by atoms with Gasteiger partial charge in [0, 0.05) is 0 Å². The fourth-order valence-electron chi connectivity index (χ4n) is 0.563. The van der Waals surface area contributed by atoms with E-state index in [4.69, 9.17) is 5.11 Å². The van der Waals surface area contributed by atoms with Crippen LogP contribution in [0.2, 0.25) is 0 Å². The van der Waals surface area contributed by atoms with Crippen molar-refractivity contribution in [2.75, 3.05) is 6.61 Å². The van der Waals surface area contributed by atoms with Crippen molar-refractivity contribution in [3.05, 3.63) is 0 Å². The van der Waals surface area contributed by atoms with E-state index in [2.05, 4.69) is 4.74 Å². The second-order valence-corrected chi connectivity index (χ2v) is 2.34. The summed E-state index contributed by atoms with van der Waals surface area (Å²) in [6.07, 6.45) is -1.52. The molecule has 5 nitrogen and oxygen atoms in total. The van der Waals surface area contributed by atoms with Gasteiger partial charge in [0.1, 0.15) is 6.61 Å². The molecule has 0 heterocycles. The van der Waals surface area contributed by atoms with Gasteiger partial charge >= 0.3 is 5.97 Å². The largest absolute Gasteiger partial charge is 0.479 e. The number of carboxylic acid groups (broad SMARTS) is 1. The molecule has 1 atom stereocenters. The summed E-state index contributed by atoms with van der Waals surface area (Å²) in [5, 5.41) is 8.40. The monoisotopic (exact) mass is 174 g/mol. The summed E-state index contributed by atoms with van der Waals surface area (Å²) in [6, 6.07) is 0. The van der Waals surface area contributed by atoms with Crippen LogP contribution < -0.4 is 0 Å². The zero-order valence-electron chi connectivity index (χ0n) is 6.86. The molecule has 5 heteroatoms. The van der Waals surface area contributed by atoms with Crippen LogP contribution in [0.15, 0.2) is 0 Å². The number of Topliss-reactive ketones (excluding diaryl/α,β-unsaturated/α-hetero) is 2. The predicted molar refractivity (Wildman–Crippen MR) is 38.7 cm³/mol. The van der Waals surface area contributed by atoms with Crippen LogP contribution in [0.25, 0.3) is 0 Å². The van der Waals surface area contributed by atoms with E-state index in [-0.39, 0.29) is 12.4 Å². The molecule has 0 aliphatic carbocycles. The van der Waals surface area contributed by atoms with E-state index in [0.29, 0.717) is 0 Å². The summed E-state index contributed by atoms with van der Waals surface area (Å²) >= 11 is 0. The van der Waals surface area contributed by atoms with Crippen molar-refractivity contribution in [1.29, 1.82) is 0 Å². The molecule has 0 aliphatic rings. The van der Waals surface area contributed by atoms with Gasteiger partial charge in [-0.1, -0.05) is 0 Å². The van der Waals surface area contributed by atoms with Crippen LogP contribution >= 0.6 is 0 Å². The van der Waals surface area contributed by atoms with Crippen LogP contribution in [0, 0.1) is 0 Å². The number of hydrogen-bond donors (Lipinski definition) is 1. The third-order valence-corrected chi connectivity index (χ3v) is 1.05. The van der Waals surface area contributed by atoms with Gasteiger partial charge in [-0.05, 0) is 13.8 Å². The average Bonchev–Trinajstić information content (AvgIpc) is 1.84. The first-order valence-electron chi connectivity index (χ1n) is 3.29. The molecule has 0 aliphatic heterocycles. The lowest BCUT2D eigenvalue weighted by Crippen LogP contribution is -2.32. The lowest BCUT2D eigenvalue weighted by molar-refractivity contribution is -0.156. The van der Waals surface area contributed by atoms with Crippen LogP contribution in [-0.2, 0) is 19.1 Å². The highest BCUT2D eigenvalue weighted by Gasteiger charge is 2.23. The van der Waals surface area contributed by atoms with E-state index < -0.39 is 17.9 Å². The molecule has 0 rings (SSSR count). The summed E-state index contributed by atoms with van der Waals surface area (Å²) in [4.78, 5) is 31.2. The summed E-state index contributed by atoms with van der Waals surface area (Å²) < 4.78 is 4.53. The number of ketones is 2. The van der Waals surface area contributed by atoms with Crippen molar-refractivity contribution < 1.29 is 24.2 Å². The highest BCUT2D eigenvalue weighted by atomic mass is 16.5. The molecule has 0 aromatic carbocycles. The molecule has 0 fully saturated rings. The zero-order valence-corrected chi connectivity index (χ0v) is 6.86. The zero-order chi connectivity index (χ0) is 9.72. The first-order chi connectivity index (χ1) is 5.45. The Kier molecular flexibility index (Phi) is 4.14. The maximum atomic E-state index is 10.6. The second-order valence-electron chi connectivity index (χ2n) is 2.34. The topological polar surface area (TPSA) is 80.7 Å². The first kappa shape index (κ1) is 10.8. The molecule has 0 amide bonds. The third-order valence-electron chi connectivity index (χ3n) is 1.05. The Bertz CT molecular complexity index is 194. The highest BCUT2D eigenvalue weighted by Crippen LogP contribution is 1.94. The Balaban J connectivity index is 4.06. The second kappa shape index (κ2) is 4.61. The predicted octanol–water partition coefficient (Wildman–Crippen LogP) is -0.366. The number of aliphatic carboxylic acids is 1. The Hall–Kier alpha value is -1.23. The Morgan fingerprint density at radius 1 is 1.33 bits per heavy atom. The molecular weight excluding hydrogens is 164 g/mol.